The van der Waals surface area contributed by atoms with Crippen molar-refractivity contribution < 1.29 is 4.74 Å². The SMILES string of the molecule is Cn1c(OC2CCN(c3ccc(CN4CCCCC4)cc3)CC2)nc(-c2ccncc2)cc1=O. The third kappa shape index (κ3) is 5.30. The van der Waals surface area contributed by atoms with Gasteiger partial charge < -0.3 is 9.64 Å². The Hall–Kier alpha value is -3.19. The average molecular weight is 460 g/mol. The molecular weight excluding hydrogens is 426 g/mol. The second-order valence-corrected chi connectivity index (χ2v) is 9.36. The predicted molar refractivity (Wildman–Crippen MR) is 134 cm³/mol. The van der Waals surface area contributed by atoms with Gasteiger partial charge in [-0.05, 0) is 55.8 Å². The van der Waals surface area contributed by atoms with Crippen LogP contribution in [0.15, 0.2) is 59.7 Å². The summed E-state index contributed by atoms with van der Waals surface area (Å²) in [6.07, 6.45) is 9.25. The number of rotatable bonds is 6. The van der Waals surface area contributed by atoms with Crippen LogP contribution in [0.1, 0.15) is 37.7 Å². The summed E-state index contributed by atoms with van der Waals surface area (Å²) in [5.41, 5.74) is 4.01. The van der Waals surface area contributed by atoms with Gasteiger partial charge in [-0.1, -0.05) is 18.6 Å². The van der Waals surface area contributed by atoms with Gasteiger partial charge in [0.2, 0.25) is 0 Å². The molecule has 7 heteroatoms. The van der Waals surface area contributed by atoms with Crippen molar-refractivity contribution in [1.82, 2.24) is 19.4 Å². The smallest absolute Gasteiger partial charge is 0.299 e. The van der Waals surface area contributed by atoms with E-state index in [-0.39, 0.29) is 11.7 Å². The molecular formula is C27H33N5O2. The molecule has 5 rings (SSSR count). The summed E-state index contributed by atoms with van der Waals surface area (Å²) in [5.74, 6) is 0. The van der Waals surface area contributed by atoms with Crippen molar-refractivity contribution in [3.8, 4) is 17.3 Å². The van der Waals surface area contributed by atoms with Crippen LogP contribution in [-0.2, 0) is 13.6 Å². The number of benzene rings is 1. The van der Waals surface area contributed by atoms with Crippen LogP contribution in [0.4, 0.5) is 5.69 Å². The number of likely N-dealkylation sites (tertiary alicyclic amines) is 1. The molecule has 0 saturated carbocycles. The van der Waals surface area contributed by atoms with Gasteiger partial charge in [-0.25, -0.2) is 0 Å². The highest BCUT2D eigenvalue weighted by molar-refractivity contribution is 5.57. The molecule has 0 radical (unpaired) electrons. The molecule has 2 fully saturated rings. The lowest BCUT2D eigenvalue weighted by atomic mass is 10.1. The molecule has 0 atom stereocenters. The van der Waals surface area contributed by atoms with Crippen molar-refractivity contribution in [3.05, 3.63) is 70.8 Å². The Kier molecular flexibility index (Phi) is 6.90. The van der Waals surface area contributed by atoms with Gasteiger partial charge in [0, 0.05) is 69.2 Å². The minimum absolute atomic E-state index is 0.0421. The molecule has 0 aliphatic carbocycles. The van der Waals surface area contributed by atoms with Crippen LogP contribution >= 0.6 is 0 Å². The third-order valence-corrected chi connectivity index (χ3v) is 6.94. The molecule has 0 N–H and O–H groups in total. The normalized spacial score (nSPS) is 17.6. The highest BCUT2D eigenvalue weighted by Gasteiger charge is 2.23. The summed E-state index contributed by atoms with van der Waals surface area (Å²) in [6.45, 7) is 5.35. The highest BCUT2D eigenvalue weighted by Crippen LogP contribution is 2.24. The fourth-order valence-electron chi connectivity index (χ4n) is 4.86. The van der Waals surface area contributed by atoms with Gasteiger partial charge in [0.05, 0.1) is 5.69 Å². The summed E-state index contributed by atoms with van der Waals surface area (Å²) >= 11 is 0. The van der Waals surface area contributed by atoms with Crippen LogP contribution < -0.4 is 15.2 Å². The minimum Gasteiger partial charge on any atom is -0.461 e. The first-order chi connectivity index (χ1) is 16.7. The Morgan fingerprint density at radius 3 is 2.35 bits per heavy atom. The molecule has 178 valence electrons. The number of ether oxygens (including phenoxy) is 1. The molecule has 0 unspecified atom stereocenters. The van der Waals surface area contributed by atoms with Gasteiger partial charge >= 0.3 is 0 Å². The Morgan fingerprint density at radius 1 is 0.941 bits per heavy atom. The first-order valence-corrected chi connectivity index (χ1v) is 12.4. The molecule has 2 aliphatic heterocycles. The van der Waals surface area contributed by atoms with E-state index in [0.717, 1.165) is 38.0 Å². The Balaban J connectivity index is 1.19. The van der Waals surface area contributed by atoms with E-state index in [9.17, 15) is 4.79 Å². The van der Waals surface area contributed by atoms with Crippen LogP contribution in [0.25, 0.3) is 11.3 Å². The largest absolute Gasteiger partial charge is 0.461 e. The number of pyridine rings is 1. The van der Waals surface area contributed by atoms with E-state index in [4.69, 9.17) is 4.74 Å². The third-order valence-electron chi connectivity index (χ3n) is 6.94. The van der Waals surface area contributed by atoms with Crippen LogP contribution in [0, 0.1) is 0 Å². The minimum atomic E-state index is -0.126. The second kappa shape index (κ2) is 10.4. The molecule has 1 aromatic carbocycles. The van der Waals surface area contributed by atoms with Gasteiger partial charge in [0.15, 0.2) is 0 Å². The Bertz CT molecular complexity index is 1130. The van der Waals surface area contributed by atoms with E-state index in [1.807, 2.05) is 12.1 Å². The predicted octanol–water partition coefficient (Wildman–Crippen LogP) is 3.88. The zero-order valence-corrected chi connectivity index (χ0v) is 19.9. The fourth-order valence-corrected chi connectivity index (χ4v) is 4.86. The maximum Gasteiger partial charge on any atom is 0.299 e. The summed E-state index contributed by atoms with van der Waals surface area (Å²) in [5, 5.41) is 0. The summed E-state index contributed by atoms with van der Waals surface area (Å²) in [7, 11) is 1.71. The molecule has 2 saturated heterocycles. The van der Waals surface area contributed by atoms with Crippen LogP contribution in [0.5, 0.6) is 6.01 Å². The quantitative estimate of drug-likeness (QED) is 0.558. The van der Waals surface area contributed by atoms with Crippen LogP contribution in [0.3, 0.4) is 0 Å². The monoisotopic (exact) mass is 459 g/mol. The molecule has 2 aromatic heterocycles. The van der Waals surface area contributed by atoms with Crippen molar-refractivity contribution in [2.75, 3.05) is 31.1 Å². The molecule has 34 heavy (non-hydrogen) atoms. The second-order valence-electron chi connectivity index (χ2n) is 9.36. The summed E-state index contributed by atoms with van der Waals surface area (Å²) < 4.78 is 7.71. The Labute approximate surface area is 201 Å². The van der Waals surface area contributed by atoms with E-state index in [2.05, 4.69) is 44.0 Å². The van der Waals surface area contributed by atoms with E-state index < -0.39 is 0 Å². The van der Waals surface area contributed by atoms with E-state index in [1.54, 1.807) is 25.5 Å². The van der Waals surface area contributed by atoms with Crippen molar-refractivity contribution in [3.63, 3.8) is 0 Å². The van der Waals surface area contributed by atoms with Crippen molar-refractivity contribution in [2.24, 2.45) is 7.05 Å². The summed E-state index contributed by atoms with van der Waals surface area (Å²) in [6, 6.07) is 14.7. The first kappa shape index (κ1) is 22.6. The number of piperidine rings is 2. The fraction of sp³-hybridized carbons (Fsp3) is 0.444. The molecule has 4 heterocycles. The molecule has 2 aliphatic rings. The highest BCUT2D eigenvalue weighted by atomic mass is 16.5. The molecule has 0 bridgehead atoms. The number of anilines is 1. The standard InChI is InChI=1S/C27H33N5O2/c1-30-26(33)19-25(22-9-13-28-14-10-22)29-27(30)34-24-11-17-32(18-12-24)23-7-5-21(6-8-23)20-31-15-3-2-4-16-31/h5-10,13-14,19,24H,2-4,11-12,15-18,20H2,1H3. The van der Waals surface area contributed by atoms with Crippen LogP contribution in [-0.4, -0.2) is 51.7 Å². The maximum absolute atomic E-state index is 12.5. The average Bonchev–Trinajstić information content (AvgIpc) is 2.89. The van der Waals surface area contributed by atoms with Crippen molar-refractivity contribution >= 4 is 5.69 Å². The zero-order chi connectivity index (χ0) is 23.3. The van der Waals surface area contributed by atoms with Gasteiger partial charge in [-0.2, -0.15) is 4.98 Å². The van der Waals surface area contributed by atoms with E-state index >= 15 is 0 Å². The Morgan fingerprint density at radius 2 is 1.65 bits per heavy atom. The number of aromatic nitrogens is 3. The van der Waals surface area contributed by atoms with Gasteiger partial charge in [0.1, 0.15) is 6.10 Å². The zero-order valence-electron chi connectivity index (χ0n) is 19.9. The van der Waals surface area contributed by atoms with Gasteiger partial charge in [0.25, 0.3) is 11.6 Å². The summed E-state index contributed by atoms with van der Waals surface area (Å²) in [4.78, 5) is 26.1. The number of hydrogen-bond donors (Lipinski definition) is 0. The van der Waals surface area contributed by atoms with Gasteiger partial charge in [-0.15, -0.1) is 0 Å². The molecule has 0 spiro atoms. The topological polar surface area (TPSA) is 63.5 Å². The van der Waals surface area contributed by atoms with Gasteiger partial charge in [-0.3, -0.25) is 19.2 Å². The molecule has 0 amide bonds. The lowest BCUT2D eigenvalue weighted by Crippen LogP contribution is -2.39. The lowest BCUT2D eigenvalue weighted by molar-refractivity contribution is 0.149. The number of nitrogens with zero attached hydrogens (tertiary/aromatic N) is 5. The molecule has 3 aromatic rings. The lowest BCUT2D eigenvalue weighted by Gasteiger charge is -2.34. The molecule has 7 nitrogen and oxygen atoms in total. The van der Waals surface area contributed by atoms with Crippen molar-refractivity contribution in [1.29, 1.82) is 0 Å². The van der Waals surface area contributed by atoms with Crippen LogP contribution in [0.2, 0.25) is 0 Å². The number of hydrogen-bond acceptors (Lipinski definition) is 6. The van der Waals surface area contributed by atoms with E-state index in [0.29, 0.717) is 11.7 Å². The van der Waals surface area contributed by atoms with Crippen molar-refractivity contribution in [2.45, 2.75) is 44.8 Å². The van der Waals surface area contributed by atoms with E-state index in [1.165, 1.54) is 48.2 Å². The maximum atomic E-state index is 12.5. The first-order valence-electron chi connectivity index (χ1n) is 12.4.